The number of halogens is 1. The third kappa shape index (κ3) is 3.77. The zero-order valence-electron chi connectivity index (χ0n) is 10.2. The number of thioether (sulfide) groups is 1. The number of rotatable bonds is 5. The van der Waals surface area contributed by atoms with Gasteiger partial charge in [-0.1, -0.05) is 18.2 Å². The highest BCUT2D eigenvalue weighted by Gasteiger charge is 2.01. The number of hydrogen-bond donors (Lipinski definition) is 0. The van der Waals surface area contributed by atoms with Crippen LogP contribution in [0.15, 0.2) is 53.4 Å². The second kappa shape index (κ2) is 6.45. The Morgan fingerprint density at radius 1 is 1.11 bits per heavy atom. The number of ether oxygens (including phenoxy) is 1. The van der Waals surface area contributed by atoms with Gasteiger partial charge in [0.05, 0.1) is 6.61 Å². The Hall–Kier alpha value is -1.48. The van der Waals surface area contributed by atoms with Gasteiger partial charge in [-0.15, -0.1) is 11.8 Å². The van der Waals surface area contributed by atoms with Gasteiger partial charge >= 0.3 is 0 Å². The molecule has 0 fully saturated rings. The van der Waals surface area contributed by atoms with E-state index in [9.17, 15) is 4.39 Å². The molecule has 0 radical (unpaired) electrons. The van der Waals surface area contributed by atoms with E-state index >= 15 is 0 Å². The first-order valence-corrected chi connectivity index (χ1v) is 6.81. The Labute approximate surface area is 111 Å². The Morgan fingerprint density at radius 3 is 2.61 bits per heavy atom. The van der Waals surface area contributed by atoms with Crippen LogP contribution in [-0.2, 0) is 0 Å². The molecular weight excluding hydrogens is 247 g/mol. The molecule has 18 heavy (non-hydrogen) atoms. The van der Waals surface area contributed by atoms with Crippen LogP contribution >= 0.6 is 11.8 Å². The normalized spacial score (nSPS) is 10.3. The van der Waals surface area contributed by atoms with Crippen molar-refractivity contribution >= 4 is 11.8 Å². The first kappa shape index (κ1) is 13.0. The van der Waals surface area contributed by atoms with Gasteiger partial charge in [-0.2, -0.15) is 0 Å². The van der Waals surface area contributed by atoms with Gasteiger partial charge in [0.25, 0.3) is 0 Å². The van der Waals surface area contributed by atoms with Crippen molar-refractivity contribution in [2.24, 2.45) is 0 Å². The molecule has 94 valence electrons. The van der Waals surface area contributed by atoms with Crippen molar-refractivity contribution in [2.45, 2.75) is 11.8 Å². The molecule has 0 saturated heterocycles. The first-order valence-electron chi connectivity index (χ1n) is 5.82. The summed E-state index contributed by atoms with van der Waals surface area (Å²) >= 11 is 1.75. The van der Waals surface area contributed by atoms with Crippen LogP contribution in [-0.4, -0.2) is 12.4 Å². The highest BCUT2D eigenvalue weighted by atomic mass is 32.2. The molecule has 0 spiro atoms. The minimum atomic E-state index is -0.224. The van der Waals surface area contributed by atoms with Crippen LogP contribution in [0.25, 0.3) is 0 Å². The zero-order chi connectivity index (χ0) is 12.8. The second-order valence-electron chi connectivity index (χ2n) is 3.92. The summed E-state index contributed by atoms with van der Waals surface area (Å²) in [6.07, 6.45) is 0. The standard InChI is InChI=1S/C15H15FOS/c1-12-11-13(16)7-8-15(12)17-9-10-18-14-5-3-2-4-6-14/h2-8,11H,9-10H2,1H3. The second-order valence-corrected chi connectivity index (χ2v) is 5.09. The first-order chi connectivity index (χ1) is 8.75. The molecule has 0 aliphatic heterocycles. The van der Waals surface area contributed by atoms with E-state index in [-0.39, 0.29) is 5.82 Å². The van der Waals surface area contributed by atoms with E-state index in [1.165, 1.54) is 17.0 Å². The van der Waals surface area contributed by atoms with Crippen molar-refractivity contribution in [3.8, 4) is 5.75 Å². The minimum absolute atomic E-state index is 0.224. The SMILES string of the molecule is Cc1cc(F)ccc1OCCSc1ccccc1. The van der Waals surface area contributed by atoms with E-state index in [1.54, 1.807) is 17.8 Å². The molecule has 0 bridgehead atoms. The lowest BCUT2D eigenvalue weighted by Gasteiger charge is -2.08. The van der Waals surface area contributed by atoms with E-state index in [0.717, 1.165) is 17.1 Å². The summed E-state index contributed by atoms with van der Waals surface area (Å²) in [6, 6.07) is 14.8. The Balaban J connectivity index is 1.79. The quantitative estimate of drug-likeness (QED) is 0.586. The van der Waals surface area contributed by atoms with Gasteiger partial charge in [-0.3, -0.25) is 0 Å². The van der Waals surface area contributed by atoms with Crippen LogP contribution in [0.2, 0.25) is 0 Å². The molecule has 0 N–H and O–H groups in total. The van der Waals surface area contributed by atoms with Gasteiger partial charge in [-0.25, -0.2) is 4.39 Å². The molecule has 2 rings (SSSR count). The molecule has 0 atom stereocenters. The van der Waals surface area contributed by atoms with Crippen molar-refractivity contribution in [3.05, 3.63) is 59.9 Å². The van der Waals surface area contributed by atoms with Crippen molar-refractivity contribution < 1.29 is 9.13 Å². The monoisotopic (exact) mass is 262 g/mol. The van der Waals surface area contributed by atoms with E-state index in [4.69, 9.17) is 4.74 Å². The number of hydrogen-bond acceptors (Lipinski definition) is 2. The highest BCUT2D eigenvalue weighted by Crippen LogP contribution is 2.20. The third-order valence-corrected chi connectivity index (χ3v) is 3.47. The lowest BCUT2D eigenvalue weighted by molar-refractivity contribution is 0.341. The summed E-state index contributed by atoms with van der Waals surface area (Å²) in [7, 11) is 0. The van der Waals surface area contributed by atoms with E-state index in [1.807, 2.05) is 25.1 Å². The van der Waals surface area contributed by atoms with Crippen LogP contribution in [0, 0.1) is 12.7 Å². The third-order valence-electron chi connectivity index (χ3n) is 2.49. The summed E-state index contributed by atoms with van der Waals surface area (Å²) in [5.74, 6) is 1.41. The van der Waals surface area contributed by atoms with Crippen molar-refractivity contribution in [3.63, 3.8) is 0 Å². The van der Waals surface area contributed by atoms with Crippen LogP contribution in [0.4, 0.5) is 4.39 Å². The molecule has 2 aromatic carbocycles. The van der Waals surface area contributed by atoms with Gasteiger partial charge in [0.1, 0.15) is 11.6 Å². The average Bonchev–Trinajstić information content (AvgIpc) is 2.38. The fourth-order valence-electron chi connectivity index (χ4n) is 1.60. The fraction of sp³-hybridized carbons (Fsp3) is 0.200. The van der Waals surface area contributed by atoms with Crippen LogP contribution in [0.3, 0.4) is 0 Å². The molecule has 3 heteroatoms. The molecule has 2 aromatic rings. The zero-order valence-corrected chi connectivity index (χ0v) is 11.0. The van der Waals surface area contributed by atoms with Crippen molar-refractivity contribution in [1.29, 1.82) is 0 Å². The summed E-state index contributed by atoms with van der Waals surface area (Å²) in [6.45, 7) is 2.47. The average molecular weight is 262 g/mol. The number of benzene rings is 2. The molecule has 0 heterocycles. The summed E-state index contributed by atoms with van der Waals surface area (Å²) < 4.78 is 18.5. The van der Waals surface area contributed by atoms with Gasteiger partial charge in [0.15, 0.2) is 0 Å². The fourth-order valence-corrected chi connectivity index (χ4v) is 2.35. The molecule has 0 aromatic heterocycles. The van der Waals surface area contributed by atoms with E-state index < -0.39 is 0 Å². The molecular formula is C15H15FOS. The predicted molar refractivity (Wildman–Crippen MR) is 73.8 cm³/mol. The van der Waals surface area contributed by atoms with Gasteiger partial charge in [0.2, 0.25) is 0 Å². The predicted octanol–water partition coefficient (Wildman–Crippen LogP) is 4.31. The maximum Gasteiger partial charge on any atom is 0.123 e. The smallest absolute Gasteiger partial charge is 0.123 e. The maximum absolute atomic E-state index is 12.9. The topological polar surface area (TPSA) is 9.23 Å². The minimum Gasteiger partial charge on any atom is -0.492 e. The summed E-state index contributed by atoms with van der Waals surface area (Å²) in [5, 5.41) is 0. The van der Waals surface area contributed by atoms with Gasteiger partial charge in [0, 0.05) is 10.6 Å². The lowest BCUT2D eigenvalue weighted by atomic mass is 10.2. The van der Waals surface area contributed by atoms with E-state index in [0.29, 0.717) is 6.61 Å². The van der Waals surface area contributed by atoms with Crippen molar-refractivity contribution in [1.82, 2.24) is 0 Å². The van der Waals surface area contributed by atoms with E-state index in [2.05, 4.69) is 12.1 Å². The number of aryl methyl sites for hydroxylation is 1. The molecule has 1 nitrogen and oxygen atoms in total. The Morgan fingerprint density at radius 2 is 1.89 bits per heavy atom. The molecule has 0 saturated carbocycles. The van der Waals surface area contributed by atoms with Crippen molar-refractivity contribution in [2.75, 3.05) is 12.4 Å². The Kier molecular flexibility index (Phi) is 4.65. The molecule has 0 aliphatic carbocycles. The molecule has 0 aliphatic rings. The summed E-state index contributed by atoms with van der Waals surface area (Å²) in [4.78, 5) is 1.23. The van der Waals surface area contributed by atoms with Crippen LogP contribution in [0.1, 0.15) is 5.56 Å². The summed E-state index contributed by atoms with van der Waals surface area (Å²) in [5.41, 5.74) is 0.833. The molecule has 0 unspecified atom stereocenters. The van der Waals surface area contributed by atoms with Crippen LogP contribution in [0.5, 0.6) is 5.75 Å². The largest absolute Gasteiger partial charge is 0.492 e. The Bertz CT molecular complexity index is 499. The van der Waals surface area contributed by atoms with Crippen LogP contribution < -0.4 is 4.74 Å². The van der Waals surface area contributed by atoms with Gasteiger partial charge in [-0.05, 0) is 42.8 Å². The maximum atomic E-state index is 12.9. The van der Waals surface area contributed by atoms with Gasteiger partial charge < -0.3 is 4.74 Å². The lowest BCUT2D eigenvalue weighted by Crippen LogP contribution is -2.01. The highest BCUT2D eigenvalue weighted by molar-refractivity contribution is 7.99. The molecule has 0 amide bonds.